The van der Waals surface area contributed by atoms with E-state index in [0.29, 0.717) is 12.1 Å². The molecule has 2 aliphatic rings. The summed E-state index contributed by atoms with van der Waals surface area (Å²) in [4.78, 5) is 6.62. The Hall–Kier alpha value is -1.23. The molecular formula is C11H17N5. The molecule has 5 nitrogen and oxygen atoms in total. The summed E-state index contributed by atoms with van der Waals surface area (Å²) in [6.45, 7) is 2.17. The molecule has 1 unspecified atom stereocenters. The van der Waals surface area contributed by atoms with Crippen molar-refractivity contribution >= 4 is 5.95 Å². The van der Waals surface area contributed by atoms with E-state index in [1.807, 2.05) is 0 Å². The summed E-state index contributed by atoms with van der Waals surface area (Å²) in [5.74, 6) is 0.790. The van der Waals surface area contributed by atoms with Gasteiger partial charge in [-0.25, -0.2) is 4.98 Å². The Morgan fingerprint density at radius 3 is 2.88 bits per heavy atom. The molecule has 2 heterocycles. The molecule has 1 saturated carbocycles. The Kier molecular flexibility index (Phi) is 2.70. The Morgan fingerprint density at radius 2 is 2.25 bits per heavy atom. The largest absolute Gasteiger partial charge is 0.335 e. The Labute approximate surface area is 95.3 Å². The van der Waals surface area contributed by atoms with Crippen LogP contribution in [0.3, 0.4) is 0 Å². The van der Waals surface area contributed by atoms with E-state index in [1.165, 1.54) is 25.7 Å². The van der Waals surface area contributed by atoms with E-state index in [-0.39, 0.29) is 0 Å². The SMILES string of the molecule is c1cnc(N(CC2CCCN2)C2CC2)nn1. The van der Waals surface area contributed by atoms with Crippen molar-refractivity contribution in [3.63, 3.8) is 0 Å². The van der Waals surface area contributed by atoms with Gasteiger partial charge in [-0.3, -0.25) is 0 Å². The van der Waals surface area contributed by atoms with Crippen molar-refractivity contribution in [3.8, 4) is 0 Å². The van der Waals surface area contributed by atoms with Crippen molar-refractivity contribution in [2.75, 3.05) is 18.0 Å². The predicted octanol–water partition coefficient (Wildman–Crippen LogP) is 0.592. The van der Waals surface area contributed by atoms with E-state index >= 15 is 0 Å². The van der Waals surface area contributed by atoms with Gasteiger partial charge in [0, 0.05) is 18.6 Å². The minimum absolute atomic E-state index is 0.601. The zero-order valence-corrected chi connectivity index (χ0v) is 9.34. The second kappa shape index (κ2) is 4.33. The summed E-state index contributed by atoms with van der Waals surface area (Å²) >= 11 is 0. The van der Waals surface area contributed by atoms with Crippen LogP contribution in [0.4, 0.5) is 5.95 Å². The topological polar surface area (TPSA) is 53.9 Å². The maximum absolute atomic E-state index is 4.31. The van der Waals surface area contributed by atoms with Gasteiger partial charge in [0.1, 0.15) is 0 Å². The molecule has 1 atom stereocenters. The van der Waals surface area contributed by atoms with Crippen LogP contribution in [-0.4, -0.2) is 40.4 Å². The summed E-state index contributed by atoms with van der Waals surface area (Å²) in [7, 11) is 0. The number of hydrogen-bond donors (Lipinski definition) is 1. The number of aromatic nitrogens is 3. The zero-order valence-electron chi connectivity index (χ0n) is 9.34. The highest BCUT2D eigenvalue weighted by Crippen LogP contribution is 2.29. The van der Waals surface area contributed by atoms with Crippen LogP contribution in [0.5, 0.6) is 0 Å². The van der Waals surface area contributed by atoms with Crippen molar-refractivity contribution in [2.24, 2.45) is 0 Å². The first-order chi connectivity index (χ1) is 7.93. The highest BCUT2D eigenvalue weighted by molar-refractivity contribution is 5.32. The minimum atomic E-state index is 0.601. The van der Waals surface area contributed by atoms with Crippen LogP contribution < -0.4 is 10.2 Å². The number of hydrogen-bond acceptors (Lipinski definition) is 5. The third-order valence-corrected chi connectivity index (χ3v) is 3.29. The highest BCUT2D eigenvalue weighted by Gasteiger charge is 2.33. The van der Waals surface area contributed by atoms with Crippen LogP contribution in [0.1, 0.15) is 25.7 Å². The summed E-state index contributed by atoms with van der Waals surface area (Å²) < 4.78 is 0. The van der Waals surface area contributed by atoms with E-state index in [9.17, 15) is 0 Å². The van der Waals surface area contributed by atoms with Gasteiger partial charge in [0.25, 0.3) is 0 Å². The van der Waals surface area contributed by atoms with Crippen molar-refractivity contribution in [1.29, 1.82) is 0 Å². The smallest absolute Gasteiger partial charge is 0.245 e. The number of anilines is 1. The molecule has 16 heavy (non-hydrogen) atoms. The van der Waals surface area contributed by atoms with Crippen molar-refractivity contribution in [3.05, 3.63) is 12.4 Å². The monoisotopic (exact) mass is 219 g/mol. The third-order valence-electron chi connectivity index (χ3n) is 3.29. The van der Waals surface area contributed by atoms with Gasteiger partial charge in [-0.05, 0) is 32.2 Å². The fourth-order valence-corrected chi connectivity index (χ4v) is 2.30. The van der Waals surface area contributed by atoms with Crippen LogP contribution in [-0.2, 0) is 0 Å². The van der Waals surface area contributed by atoms with Crippen molar-refractivity contribution in [2.45, 2.75) is 37.8 Å². The maximum atomic E-state index is 4.31. The van der Waals surface area contributed by atoms with Crippen LogP contribution in [0.15, 0.2) is 12.4 Å². The van der Waals surface area contributed by atoms with Gasteiger partial charge in [-0.15, -0.1) is 5.10 Å². The lowest BCUT2D eigenvalue weighted by molar-refractivity contribution is 0.569. The van der Waals surface area contributed by atoms with Gasteiger partial charge < -0.3 is 10.2 Å². The Morgan fingerprint density at radius 1 is 1.31 bits per heavy atom. The van der Waals surface area contributed by atoms with Crippen LogP contribution >= 0.6 is 0 Å². The second-order valence-corrected chi connectivity index (χ2v) is 4.62. The van der Waals surface area contributed by atoms with Gasteiger partial charge >= 0.3 is 0 Å². The summed E-state index contributed by atoms with van der Waals surface area (Å²) in [5.41, 5.74) is 0. The van der Waals surface area contributed by atoms with Gasteiger partial charge in [0.15, 0.2) is 0 Å². The molecule has 2 fully saturated rings. The normalized spacial score (nSPS) is 24.6. The molecule has 1 N–H and O–H groups in total. The summed E-state index contributed by atoms with van der Waals surface area (Å²) in [6, 6.07) is 1.25. The molecule has 0 bridgehead atoms. The predicted molar refractivity (Wildman–Crippen MR) is 61.2 cm³/mol. The van der Waals surface area contributed by atoms with E-state index in [2.05, 4.69) is 25.4 Å². The van der Waals surface area contributed by atoms with Gasteiger partial charge in [-0.2, -0.15) is 5.10 Å². The van der Waals surface area contributed by atoms with Crippen molar-refractivity contribution in [1.82, 2.24) is 20.5 Å². The number of nitrogens with zero attached hydrogens (tertiary/aromatic N) is 4. The van der Waals surface area contributed by atoms with Crippen molar-refractivity contribution < 1.29 is 0 Å². The van der Waals surface area contributed by atoms with Gasteiger partial charge in [-0.1, -0.05) is 0 Å². The highest BCUT2D eigenvalue weighted by atomic mass is 15.3. The minimum Gasteiger partial charge on any atom is -0.335 e. The number of nitrogens with one attached hydrogen (secondary N) is 1. The average Bonchev–Trinajstić information content (AvgIpc) is 3.05. The van der Waals surface area contributed by atoms with E-state index in [1.54, 1.807) is 12.4 Å². The lowest BCUT2D eigenvalue weighted by Crippen LogP contribution is -2.39. The first kappa shape index (κ1) is 9.96. The molecule has 0 spiro atoms. The quantitative estimate of drug-likeness (QED) is 0.803. The fourth-order valence-electron chi connectivity index (χ4n) is 2.30. The first-order valence-electron chi connectivity index (χ1n) is 6.07. The molecule has 0 radical (unpaired) electrons. The van der Waals surface area contributed by atoms with E-state index < -0.39 is 0 Å². The van der Waals surface area contributed by atoms with Gasteiger partial charge in [0.05, 0.1) is 12.4 Å². The van der Waals surface area contributed by atoms with Crippen LogP contribution in [0.2, 0.25) is 0 Å². The van der Waals surface area contributed by atoms with Crippen LogP contribution in [0.25, 0.3) is 0 Å². The van der Waals surface area contributed by atoms with E-state index in [4.69, 9.17) is 0 Å². The molecule has 0 aromatic carbocycles. The molecule has 0 amide bonds. The van der Waals surface area contributed by atoms with E-state index in [0.717, 1.165) is 19.0 Å². The Balaban J connectivity index is 1.71. The second-order valence-electron chi connectivity index (χ2n) is 4.62. The molecule has 86 valence electrons. The molecule has 1 aliphatic carbocycles. The summed E-state index contributed by atoms with van der Waals surface area (Å²) in [6.07, 6.45) is 8.44. The Bertz CT molecular complexity index is 331. The summed E-state index contributed by atoms with van der Waals surface area (Å²) in [5, 5.41) is 11.6. The molecule has 1 aromatic heterocycles. The standard InChI is InChI=1S/C11H17N5/c1-2-9(12-5-1)8-16(10-3-4-10)11-13-6-7-14-15-11/h6-7,9-10,12H,1-5,8H2. The van der Waals surface area contributed by atoms with Crippen LogP contribution in [0, 0.1) is 0 Å². The fraction of sp³-hybridized carbons (Fsp3) is 0.727. The molecule has 5 heteroatoms. The maximum Gasteiger partial charge on any atom is 0.245 e. The molecule has 1 aliphatic heterocycles. The molecule has 1 aromatic rings. The lowest BCUT2D eigenvalue weighted by Gasteiger charge is -2.25. The zero-order chi connectivity index (χ0) is 10.8. The number of rotatable bonds is 4. The average molecular weight is 219 g/mol. The molecule has 1 saturated heterocycles. The lowest BCUT2D eigenvalue weighted by atomic mass is 10.2. The molecule has 3 rings (SSSR count). The third kappa shape index (κ3) is 2.14. The first-order valence-corrected chi connectivity index (χ1v) is 6.07. The molecular weight excluding hydrogens is 202 g/mol. The van der Waals surface area contributed by atoms with Gasteiger partial charge in [0.2, 0.25) is 5.95 Å².